The largest absolute Gasteiger partial charge is 0.489 e. The number of para-hydroxylation sites is 2. The number of anilines is 1. The van der Waals surface area contributed by atoms with Crippen molar-refractivity contribution in [2.75, 3.05) is 25.0 Å². The Hall–Kier alpha value is -3.88. The molecule has 3 aromatic rings. The molecular formula is C28H30N2O6. The predicted molar refractivity (Wildman–Crippen MR) is 137 cm³/mol. The van der Waals surface area contributed by atoms with Gasteiger partial charge in [0.25, 0.3) is 0 Å². The van der Waals surface area contributed by atoms with Crippen molar-refractivity contribution in [1.29, 1.82) is 0 Å². The van der Waals surface area contributed by atoms with Gasteiger partial charge in [-0.1, -0.05) is 30.3 Å². The number of fused-ring (bicyclic) bond motifs is 1. The number of aryl methyl sites for hydroxylation is 1. The van der Waals surface area contributed by atoms with Gasteiger partial charge < -0.3 is 30.3 Å². The minimum Gasteiger partial charge on any atom is -0.489 e. The van der Waals surface area contributed by atoms with Crippen LogP contribution < -0.4 is 20.1 Å². The molecule has 1 heterocycles. The van der Waals surface area contributed by atoms with E-state index in [0.29, 0.717) is 24.5 Å². The molecule has 0 saturated heterocycles. The summed E-state index contributed by atoms with van der Waals surface area (Å²) in [5.41, 5.74) is 3.94. The predicted octanol–water partition coefficient (Wildman–Crippen LogP) is 3.73. The average molecular weight is 491 g/mol. The van der Waals surface area contributed by atoms with Crippen molar-refractivity contribution in [3.05, 3.63) is 77.9 Å². The van der Waals surface area contributed by atoms with Crippen molar-refractivity contribution in [3.63, 3.8) is 0 Å². The molecule has 0 spiro atoms. The van der Waals surface area contributed by atoms with E-state index in [2.05, 4.69) is 16.7 Å². The van der Waals surface area contributed by atoms with Crippen LogP contribution in [0.25, 0.3) is 11.1 Å². The third kappa shape index (κ3) is 6.62. The van der Waals surface area contributed by atoms with Crippen LogP contribution >= 0.6 is 0 Å². The summed E-state index contributed by atoms with van der Waals surface area (Å²) in [6.07, 6.45) is 0.986. The van der Waals surface area contributed by atoms with Crippen LogP contribution in [0.5, 0.6) is 11.5 Å². The number of aliphatic hydroxyl groups excluding tert-OH is 1. The van der Waals surface area contributed by atoms with Gasteiger partial charge in [-0.15, -0.1) is 0 Å². The molecule has 188 valence electrons. The molecule has 0 radical (unpaired) electrons. The average Bonchev–Trinajstić information content (AvgIpc) is 2.87. The lowest BCUT2D eigenvalue weighted by Gasteiger charge is -2.27. The van der Waals surface area contributed by atoms with Gasteiger partial charge in [0, 0.05) is 20.0 Å². The maximum Gasteiger partial charge on any atom is 0.335 e. The van der Waals surface area contributed by atoms with Crippen LogP contribution in [-0.2, 0) is 11.2 Å². The molecule has 0 bridgehead atoms. The second kappa shape index (κ2) is 11.7. The topological polar surface area (TPSA) is 117 Å². The zero-order valence-corrected chi connectivity index (χ0v) is 20.1. The van der Waals surface area contributed by atoms with E-state index in [1.54, 1.807) is 30.3 Å². The number of amides is 1. The van der Waals surface area contributed by atoms with Crippen molar-refractivity contribution < 1.29 is 29.3 Å². The number of rotatable bonds is 10. The van der Waals surface area contributed by atoms with Gasteiger partial charge in [0.2, 0.25) is 5.91 Å². The standard InChI is InChI=1S/C28H30N2O6/c1-18(31)30-25-4-2-3-5-27(25)35-17-23(32)15-29-16-24-12-10-22-14-21(11-13-26(22)36-24)19-6-8-20(9-7-19)28(33)34/h2-9,11,13-14,23-24,29,32H,10,12,15-17H2,1H3,(H,30,31)(H,33,34). The number of ether oxygens (including phenoxy) is 2. The number of nitrogens with one attached hydrogen (secondary N) is 2. The molecule has 4 N–H and O–H groups in total. The van der Waals surface area contributed by atoms with Crippen molar-refractivity contribution in [2.24, 2.45) is 0 Å². The first-order chi connectivity index (χ1) is 17.4. The van der Waals surface area contributed by atoms with Gasteiger partial charge in [-0.2, -0.15) is 0 Å². The Bertz CT molecular complexity index is 1210. The number of aliphatic hydroxyl groups is 1. The summed E-state index contributed by atoms with van der Waals surface area (Å²) >= 11 is 0. The minimum absolute atomic E-state index is 0.00758. The van der Waals surface area contributed by atoms with Crippen LogP contribution in [0, 0.1) is 0 Å². The van der Waals surface area contributed by atoms with E-state index >= 15 is 0 Å². The number of carboxylic acid groups (broad SMARTS) is 1. The van der Waals surface area contributed by atoms with E-state index in [1.807, 2.05) is 30.3 Å². The van der Waals surface area contributed by atoms with Gasteiger partial charge in [-0.05, 0) is 65.9 Å². The lowest BCUT2D eigenvalue weighted by molar-refractivity contribution is -0.114. The van der Waals surface area contributed by atoms with Gasteiger partial charge in [-0.25, -0.2) is 4.79 Å². The van der Waals surface area contributed by atoms with Gasteiger partial charge in [0.05, 0.1) is 11.3 Å². The molecule has 2 atom stereocenters. The van der Waals surface area contributed by atoms with Crippen LogP contribution in [0.2, 0.25) is 0 Å². The molecule has 4 rings (SSSR count). The fourth-order valence-corrected chi connectivity index (χ4v) is 4.11. The van der Waals surface area contributed by atoms with E-state index in [4.69, 9.17) is 14.6 Å². The Morgan fingerprint density at radius 2 is 1.83 bits per heavy atom. The Labute approximate surface area is 209 Å². The highest BCUT2D eigenvalue weighted by molar-refractivity contribution is 5.90. The van der Waals surface area contributed by atoms with Crippen LogP contribution in [0.3, 0.4) is 0 Å². The van der Waals surface area contributed by atoms with Gasteiger partial charge in [0.15, 0.2) is 0 Å². The molecule has 36 heavy (non-hydrogen) atoms. The third-order valence-corrected chi connectivity index (χ3v) is 5.94. The number of hydrogen-bond donors (Lipinski definition) is 4. The third-order valence-electron chi connectivity index (χ3n) is 5.94. The molecule has 0 fully saturated rings. The maximum atomic E-state index is 11.3. The van der Waals surface area contributed by atoms with Crippen molar-refractivity contribution in [1.82, 2.24) is 5.32 Å². The molecule has 1 amide bonds. The summed E-state index contributed by atoms with van der Waals surface area (Å²) in [7, 11) is 0. The first-order valence-electron chi connectivity index (χ1n) is 11.9. The minimum atomic E-state index is -0.938. The molecule has 0 saturated carbocycles. The molecule has 0 aromatic heterocycles. The van der Waals surface area contributed by atoms with Crippen molar-refractivity contribution in [2.45, 2.75) is 32.0 Å². The van der Waals surface area contributed by atoms with Crippen LogP contribution in [0.1, 0.15) is 29.3 Å². The molecule has 0 aliphatic carbocycles. The Kier molecular flexibility index (Phi) is 8.20. The second-order valence-electron chi connectivity index (χ2n) is 8.78. The zero-order chi connectivity index (χ0) is 25.5. The monoisotopic (exact) mass is 490 g/mol. The van der Waals surface area contributed by atoms with Gasteiger partial charge >= 0.3 is 5.97 Å². The summed E-state index contributed by atoms with van der Waals surface area (Å²) in [4.78, 5) is 22.4. The van der Waals surface area contributed by atoms with Crippen molar-refractivity contribution in [3.8, 4) is 22.6 Å². The van der Waals surface area contributed by atoms with Gasteiger partial charge in [0.1, 0.15) is 30.3 Å². The Balaban J connectivity index is 1.24. The molecular weight excluding hydrogens is 460 g/mol. The van der Waals surface area contributed by atoms with Crippen LogP contribution in [-0.4, -0.2) is 54.0 Å². The van der Waals surface area contributed by atoms with E-state index in [0.717, 1.165) is 35.3 Å². The van der Waals surface area contributed by atoms with Crippen LogP contribution in [0.4, 0.5) is 5.69 Å². The fourth-order valence-electron chi connectivity index (χ4n) is 4.11. The number of hydrogen-bond acceptors (Lipinski definition) is 6. The molecule has 1 aliphatic rings. The lowest BCUT2D eigenvalue weighted by atomic mass is 9.96. The normalized spacial score (nSPS) is 15.3. The summed E-state index contributed by atoms with van der Waals surface area (Å²) in [6, 6.07) is 20.0. The smallest absolute Gasteiger partial charge is 0.335 e. The van der Waals surface area contributed by atoms with E-state index in [-0.39, 0.29) is 24.2 Å². The Morgan fingerprint density at radius 1 is 1.08 bits per heavy atom. The highest BCUT2D eigenvalue weighted by atomic mass is 16.5. The SMILES string of the molecule is CC(=O)Nc1ccccc1OCC(O)CNCC1CCc2cc(-c3ccc(C(=O)O)cc3)ccc2O1. The molecule has 3 aromatic carbocycles. The maximum absolute atomic E-state index is 11.3. The molecule has 8 nitrogen and oxygen atoms in total. The number of carbonyl (C=O) groups is 2. The Morgan fingerprint density at radius 3 is 2.58 bits per heavy atom. The van der Waals surface area contributed by atoms with Gasteiger partial charge in [-0.3, -0.25) is 4.79 Å². The number of aromatic carboxylic acids is 1. The quantitative estimate of drug-likeness (QED) is 0.342. The number of carboxylic acids is 1. The summed E-state index contributed by atoms with van der Waals surface area (Å²) in [6.45, 7) is 2.47. The first-order valence-corrected chi connectivity index (χ1v) is 11.9. The number of benzene rings is 3. The zero-order valence-electron chi connectivity index (χ0n) is 20.1. The first kappa shape index (κ1) is 25.2. The van der Waals surface area contributed by atoms with E-state index in [1.165, 1.54) is 6.92 Å². The summed E-state index contributed by atoms with van der Waals surface area (Å²) in [5, 5.41) is 25.3. The summed E-state index contributed by atoms with van der Waals surface area (Å²) < 4.78 is 11.8. The summed E-state index contributed by atoms with van der Waals surface area (Å²) in [5.74, 6) is 0.230. The molecule has 8 heteroatoms. The fraction of sp³-hybridized carbons (Fsp3) is 0.286. The lowest BCUT2D eigenvalue weighted by Crippen LogP contribution is -2.39. The van der Waals surface area contributed by atoms with E-state index < -0.39 is 12.1 Å². The number of carbonyl (C=O) groups excluding carboxylic acids is 1. The highest BCUT2D eigenvalue weighted by Crippen LogP contribution is 2.32. The van der Waals surface area contributed by atoms with Crippen LogP contribution in [0.15, 0.2) is 66.7 Å². The molecule has 1 aliphatic heterocycles. The van der Waals surface area contributed by atoms with Crippen molar-refractivity contribution >= 4 is 17.6 Å². The van der Waals surface area contributed by atoms with E-state index in [9.17, 15) is 14.7 Å². The second-order valence-corrected chi connectivity index (χ2v) is 8.78. The molecule has 2 unspecified atom stereocenters. The highest BCUT2D eigenvalue weighted by Gasteiger charge is 2.20.